The largest absolute Gasteiger partial charge is 0.496 e. The smallest absolute Gasteiger partial charge is 0.416 e. The lowest BCUT2D eigenvalue weighted by Gasteiger charge is -2.17. The summed E-state index contributed by atoms with van der Waals surface area (Å²) in [6, 6.07) is 3.39. The molecule has 1 rings (SSSR count). The van der Waals surface area contributed by atoms with Crippen molar-refractivity contribution < 1.29 is 17.9 Å². The van der Waals surface area contributed by atoms with Gasteiger partial charge in [-0.2, -0.15) is 13.2 Å². The molecule has 1 unspecified atom stereocenters. The molecule has 1 atom stereocenters. The highest BCUT2D eigenvalue weighted by Crippen LogP contribution is 2.36. The second kappa shape index (κ2) is 5.56. The molecule has 2 nitrogen and oxygen atoms in total. The fraction of sp³-hybridized carbons (Fsp3) is 0.417. The lowest BCUT2D eigenvalue weighted by molar-refractivity contribution is -0.137. The Kier molecular flexibility index (Phi) is 4.56. The summed E-state index contributed by atoms with van der Waals surface area (Å²) >= 11 is 4.77. The van der Waals surface area contributed by atoms with Gasteiger partial charge in [-0.1, -0.05) is 19.1 Å². The van der Waals surface area contributed by atoms with Gasteiger partial charge in [0.2, 0.25) is 0 Å². The zero-order valence-corrected chi connectivity index (χ0v) is 10.9. The molecule has 0 aliphatic carbocycles. The van der Waals surface area contributed by atoms with Crippen LogP contribution in [0.5, 0.6) is 5.75 Å². The average Bonchev–Trinajstić information content (AvgIpc) is 2.26. The van der Waals surface area contributed by atoms with Gasteiger partial charge in [0.15, 0.2) is 0 Å². The molecule has 0 aromatic heterocycles. The quantitative estimate of drug-likeness (QED) is 0.856. The van der Waals surface area contributed by atoms with E-state index in [0.717, 1.165) is 12.1 Å². The van der Waals surface area contributed by atoms with E-state index in [1.807, 2.05) is 0 Å². The Hall–Kier alpha value is -1.30. The molecular weight excluding hydrogens is 263 g/mol. The van der Waals surface area contributed by atoms with Gasteiger partial charge in [-0.25, -0.2) is 0 Å². The van der Waals surface area contributed by atoms with Crippen molar-refractivity contribution in [1.29, 1.82) is 0 Å². The first-order valence-corrected chi connectivity index (χ1v) is 5.70. The highest BCUT2D eigenvalue weighted by atomic mass is 32.1. The summed E-state index contributed by atoms with van der Waals surface area (Å²) in [4.78, 5) is 0.266. The van der Waals surface area contributed by atoms with Crippen molar-refractivity contribution in [2.75, 3.05) is 7.11 Å². The van der Waals surface area contributed by atoms with Crippen molar-refractivity contribution in [3.05, 3.63) is 29.3 Å². The second-order valence-corrected chi connectivity index (χ2v) is 4.55. The molecular formula is C12H14F3NOS. The number of hydrogen-bond donors (Lipinski definition) is 1. The third-order valence-corrected chi connectivity index (χ3v) is 2.76. The number of ether oxygens (including phenoxy) is 1. The van der Waals surface area contributed by atoms with E-state index in [2.05, 4.69) is 0 Å². The maximum atomic E-state index is 12.6. The molecule has 0 heterocycles. The third-order valence-electron chi connectivity index (χ3n) is 2.60. The summed E-state index contributed by atoms with van der Waals surface area (Å²) < 4.78 is 43.0. The topological polar surface area (TPSA) is 35.2 Å². The van der Waals surface area contributed by atoms with Crippen LogP contribution in [-0.2, 0) is 6.18 Å². The molecule has 6 heteroatoms. The van der Waals surface area contributed by atoms with Crippen molar-refractivity contribution in [2.45, 2.75) is 25.4 Å². The zero-order valence-electron chi connectivity index (χ0n) is 10.0. The Balaban J connectivity index is 3.17. The molecule has 0 amide bonds. The Labute approximate surface area is 109 Å². The van der Waals surface area contributed by atoms with Gasteiger partial charge in [-0.3, -0.25) is 0 Å². The Morgan fingerprint density at radius 2 is 2.06 bits per heavy atom. The van der Waals surface area contributed by atoms with Crippen LogP contribution < -0.4 is 10.5 Å². The number of benzene rings is 1. The van der Waals surface area contributed by atoms with E-state index in [9.17, 15) is 13.2 Å². The van der Waals surface area contributed by atoms with Crippen molar-refractivity contribution in [3.8, 4) is 5.75 Å². The van der Waals surface area contributed by atoms with Crippen LogP contribution in [0.15, 0.2) is 18.2 Å². The van der Waals surface area contributed by atoms with Gasteiger partial charge < -0.3 is 10.5 Å². The van der Waals surface area contributed by atoms with Crippen LogP contribution in [0.3, 0.4) is 0 Å². The highest BCUT2D eigenvalue weighted by Gasteiger charge is 2.31. The minimum Gasteiger partial charge on any atom is -0.496 e. The maximum absolute atomic E-state index is 12.6. The number of hydrogen-bond acceptors (Lipinski definition) is 2. The molecule has 0 aliphatic heterocycles. The number of halogens is 3. The van der Waals surface area contributed by atoms with Gasteiger partial charge in [0.1, 0.15) is 5.75 Å². The lowest BCUT2D eigenvalue weighted by Crippen LogP contribution is -2.13. The van der Waals surface area contributed by atoms with Crippen molar-refractivity contribution >= 4 is 17.2 Å². The standard InChI is InChI=1S/C12H14F3NOS/c1-7(5-11(16)18)9-6-8(12(13,14)15)3-4-10(9)17-2/h3-4,6-7H,5H2,1-2H3,(H2,16,18). The van der Waals surface area contributed by atoms with Crippen LogP contribution >= 0.6 is 12.2 Å². The van der Waals surface area contributed by atoms with Crippen molar-refractivity contribution in [1.82, 2.24) is 0 Å². The van der Waals surface area contributed by atoms with Crippen LogP contribution in [0.2, 0.25) is 0 Å². The van der Waals surface area contributed by atoms with E-state index < -0.39 is 11.7 Å². The first-order chi connectivity index (χ1) is 8.25. The average molecular weight is 277 g/mol. The lowest BCUT2D eigenvalue weighted by atomic mass is 9.95. The third kappa shape index (κ3) is 3.60. The molecule has 18 heavy (non-hydrogen) atoms. The van der Waals surface area contributed by atoms with Gasteiger partial charge in [-0.05, 0) is 29.7 Å². The number of thiocarbonyl (C=S) groups is 1. The molecule has 0 spiro atoms. The van der Waals surface area contributed by atoms with Crippen molar-refractivity contribution in [2.24, 2.45) is 5.73 Å². The van der Waals surface area contributed by atoms with Gasteiger partial charge in [0, 0.05) is 6.42 Å². The Morgan fingerprint density at radius 3 is 2.50 bits per heavy atom. The van der Waals surface area contributed by atoms with Crippen LogP contribution in [0.4, 0.5) is 13.2 Å². The predicted molar refractivity (Wildman–Crippen MR) is 67.8 cm³/mol. The zero-order chi connectivity index (χ0) is 13.9. The fourth-order valence-corrected chi connectivity index (χ4v) is 1.96. The van der Waals surface area contributed by atoms with E-state index >= 15 is 0 Å². The molecule has 0 fully saturated rings. The van der Waals surface area contributed by atoms with Gasteiger partial charge in [0.05, 0.1) is 17.7 Å². The minimum atomic E-state index is -4.37. The molecule has 0 radical (unpaired) electrons. The number of rotatable bonds is 4. The Bertz CT molecular complexity index is 445. The van der Waals surface area contributed by atoms with Crippen LogP contribution in [0, 0.1) is 0 Å². The minimum absolute atomic E-state index is 0.222. The molecule has 0 saturated carbocycles. The van der Waals surface area contributed by atoms with Gasteiger partial charge in [-0.15, -0.1) is 0 Å². The first kappa shape index (κ1) is 14.8. The normalized spacial score (nSPS) is 13.2. The van der Waals surface area contributed by atoms with Gasteiger partial charge >= 0.3 is 6.18 Å². The van der Waals surface area contributed by atoms with E-state index in [1.165, 1.54) is 13.2 Å². The first-order valence-electron chi connectivity index (χ1n) is 5.29. The van der Waals surface area contributed by atoms with Crippen LogP contribution in [-0.4, -0.2) is 12.1 Å². The van der Waals surface area contributed by atoms with E-state index in [1.54, 1.807) is 6.92 Å². The molecule has 0 bridgehead atoms. The highest BCUT2D eigenvalue weighted by molar-refractivity contribution is 7.80. The molecule has 0 saturated heterocycles. The summed E-state index contributed by atoms with van der Waals surface area (Å²) in [5.74, 6) is 0.187. The number of alkyl halides is 3. The Morgan fingerprint density at radius 1 is 1.44 bits per heavy atom. The summed E-state index contributed by atoms with van der Waals surface area (Å²) in [5, 5.41) is 0. The molecule has 1 aromatic carbocycles. The van der Waals surface area contributed by atoms with E-state index in [0.29, 0.717) is 17.7 Å². The molecule has 0 aliphatic rings. The molecule has 100 valence electrons. The molecule has 1 aromatic rings. The summed E-state index contributed by atoms with van der Waals surface area (Å²) in [6.45, 7) is 1.76. The predicted octanol–water partition coefficient (Wildman–Crippen LogP) is 3.49. The number of nitrogens with two attached hydrogens (primary N) is 1. The number of methoxy groups -OCH3 is 1. The second-order valence-electron chi connectivity index (χ2n) is 4.03. The summed E-state index contributed by atoms with van der Waals surface area (Å²) in [5.41, 5.74) is 5.17. The summed E-state index contributed by atoms with van der Waals surface area (Å²) in [6.07, 6.45) is -4.03. The fourth-order valence-electron chi connectivity index (χ4n) is 1.71. The van der Waals surface area contributed by atoms with Crippen molar-refractivity contribution in [3.63, 3.8) is 0 Å². The molecule has 2 N–H and O–H groups in total. The monoisotopic (exact) mass is 277 g/mol. The van der Waals surface area contributed by atoms with E-state index in [-0.39, 0.29) is 10.9 Å². The SMILES string of the molecule is COc1ccc(C(F)(F)F)cc1C(C)CC(N)=S. The van der Waals surface area contributed by atoms with Gasteiger partial charge in [0.25, 0.3) is 0 Å². The van der Waals surface area contributed by atoms with Crippen LogP contribution in [0.25, 0.3) is 0 Å². The van der Waals surface area contributed by atoms with E-state index in [4.69, 9.17) is 22.7 Å². The summed E-state index contributed by atoms with van der Waals surface area (Å²) in [7, 11) is 1.42. The van der Waals surface area contributed by atoms with Crippen LogP contribution in [0.1, 0.15) is 30.4 Å². The maximum Gasteiger partial charge on any atom is 0.416 e.